The summed E-state index contributed by atoms with van der Waals surface area (Å²) in [5.74, 6) is 0.166. The third-order valence-electron chi connectivity index (χ3n) is 6.10. The molecule has 0 aliphatic heterocycles. The van der Waals surface area contributed by atoms with Crippen molar-refractivity contribution in [2.45, 2.75) is 89.1 Å². The highest BCUT2D eigenvalue weighted by Crippen LogP contribution is 2.47. The molecule has 2 radical (unpaired) electrons. The van der Waals surface area contributed by atoms with Crippen LogP contribution in [0.25, 0.3) is 0 Å². The van der Waals surface area contributed by atoms with Crippen LogP contribution in [0, 0.1) is 5.92 Å². The number of hydrogen-bond acceptors (Lipinski definition) is 4. The van der Waals surface area contributed by atoms with Crippen LogP contribution in [-0.4, -0.2) is 33.5 Å². The highest BCUT2D eigenvalue weighted by atomic mass is 28.2. The largest absolute Gasteiger partial charge is 0.444 e. The fourth-order valence-corrected chi connectivity index (χ4v) is 5.53. The van der Waals surface area contributed by atoms with Gasteiger partial charge in [0.1, 0.15) is 11.2 Å². The molecule has 0 spiro atoms. The van der Waals surface area contributed by atoms with Crippen molar-refractivity contribution < 1.29 is 14.0 Å². The van der Waals surface area contributed by atoms with Crippen LogP contribution in [0.15, 0.2) is 60.7 Å². The monoisotopic (exact) mass is 480 g/mol. The Balaban J connectivity index is 1.93. The van der Waals surface area contributed by atoms with Crippen molar-refractivity contribution in [3.05, 3.63) is 71.8 Å². The number of ether oxygens (including phenoxy) is 1. The number of rotatable bonds is 6. The predicted molar refractivity (Wildman–Crippen MR) is 139 cm³/mol. The molecule has 3 atom stereocenters. The van der Waals surface area contributed by atoms with Gasteiger partial charge in [-0.2, -0.15) is 0 Å². The summed E-state index contributed by atoms with van der Waals surface area (Å²) in [5.41, 5.74) is 7.84. The Hall–Kier alpha value is -2.15. The first kappa shape index (κ1) is 26.5. The van der Waals surface area contributed by atoms with Crippen molar-refractivity contribution in [2.24, 2.45) is 11.7 Å². The van der Waals surface area contributed by atoms with Crippen LogP contribution in [0.5, 0.6) is 0 Å². The van der Waals surface area contributed by atoms with Crippen molar-refractivity contribution in [1.82, 2.24) is 5.32 Å². The summed E-state index contributed by atoms with van der Waals surface area (Å²) < 4.78 is 12.5. The van der Waals surface area contributed by atoms with Gasteiger partial charge < -0.3 is 20.2 Å². The number of nitrogens with two attached hydrogens (primary N) is 1. The normalized spacial score (nSPS) is 21.7. The fourth-order valence-electron chi connectivity index (χ4n) is 4.66. The highest BCUT2D eigenvalue weighted by molar-refractivity contribution is 6.32. The van der Waals surface area contributed by atoms with E-state index in [1.54, 1.807) is 0 Å². The zero-order chi connectivity index (χ0) is 25.0. The van der Waals surface area contributed by atoms with Crippen LogP contribution in [-0.2, 0) is 14.8 Å². The molecule has 1 aliphatic carbocycles. The maximum atomic E-state index is 12.4. The molecular formula is C28H40N2O3Si. The Bertz CT molecular complexity index is 883. The van der Waals surface area contributed by atoms with Crippen molar-refractivity contribution in [3.63, 3.8) is 0 Å². The van der Waals surface area contributed by atoms with Crippen molar-refractivity contribution in [3.8, 4) is 0 Å². The SMILES string of the molecule is CC(C)(C)OC(=O)NC1CCC(C(O[Si]C(C)(C)C)(c2ccccc2)c2ccccc2)CC1N. The van der Waals surface area contributed by atoms with E-state index in [1.807, 2.05) is 32.9 Å². The van der Waals surface area contributed by atoms with E-state index in [2.05, 4.69) is 74.6 Å². The second kappa shape index (κ2) is 10.6. The molecule has 1 fully saturated rings. The summed E-state index contributed by atoms with van der Waals surface area (Å²) in [6.07, 6.45) is 1.98. The van der Waals surface area contributed by atoms with Gasteiger partial charge in [-0.15, -0.1) is 0 Å². The molecule has 3 unspecified atom stereocenters. The number of benzene rings is 2. The summed E-state index contributed by atoms with van der Waals surface area (Å²) in [4.78, 5) is 12.4. The minimum absolute atomic E-state index is 0.0341. The maximum Gasteiger partial charge on any atom is 0.407 e. The maximum absolute atomic E-state index is 12.4. The van der Waals surface area contributed by atoms with E-state index in [9.17, 15) is 4.79 Å². The van der Waals surface area contributed by atoms with Crippen LogP contribution in [0.2, 0.25) is 5.04 Å². The van der Waals surface area contributed by atoms with Crippen molar-refractivity contribution in [1.29, 1.82) is 0 Å². The highest BCUT2D eigenvalue weighted by Gasteiger charge is 2.47. The molecule has 0 saturated heterocycles. The van der Waals surface area contributed by atoms with Gasteiger partial charge >= 0.3 is 6.09 Å². The van der Waals surface area contributed by atoms with Gasteiger partial charge in [0.05, 0.1) is 0 Å². The van der Waals surface area contributed by atoms with E-state index in [0.29, 0.717) is 9.76 Å². The summed E-state index contributed by atoms with van der Waals surface area (Å²) in [5, 5.41) is 3.04. The zero-order valence-electron chi connectivity index (χ0n) is 21.4. The van der Waals surface area contributed by atoms with Crippen molar-refractivity contribution >= 4 is 15.9 Å². The van der Waals surface area contributed by atoms with Crippen LogP contribution in [0.3, 0.4) is 0 Å². The molecule has 1 amide bonds. The van der Waals surface area contributed by atoms with Crippen molar-refractivity contribution in [2.75, 3.05) is 0 Å². The first-order chi connectivity index (χ1) is 15.9. The number of nitrogens with one attached hydrogen (secondary N) is 1. The molecule has 1 saturated carbocycles. The standard InChI is InChI=1S/C28H40N2O3Si/c1-26(2,3)32-25(31)30-24-18-17-22(19-23(24)29)28(33-34-27(4,5)6,20-13-9-7-10-14-20)21-15-11-8-12-16-21/h7-16,22-24H,17-19,29H2,1-6H3,(H,30,31). The molecule has 34 heavy (non-hydrogen) atoms. The molecule has 3 rings (SSSR count). The Morgan fingerprint density at radius 1 is 0.912 bits per heavy atom. The van der Waals surface area contributed by atoms with E-state index < -0.39 is 17.3 Å². The Morgan fingerprint density at radius 3 is 1.88 bits per heavy atom. The van der Waals surface area contributed by atoms with Crippen LogP contribution in [0.1, 0.15) is 71.9 Å². The summed E-state index contributed by atoms with van der Waals surface area (Å²) in [7, 11) is 0.314. The van der Waals surface area contributed by atoms with Gasteiger partial charge in [-0.05, 0) is 62.1 Å². The van der Waals surface area contributed by atoms with E-state index in [1.165, 1.54) is 0 Å². The zero-order valence-corrected chi connectivity index (χ0v) is 22.4. The molecule has 6 heteroatoms. The summed E-state index contributed by atoms with van der Waals surface area (Å²) in [6.45, 7) is 12.2. The fraction of sp³-hybridized carbons (Fsp3) is 0.536. The van der Waals surface area contributed by atoms with E-state index >= 15 is 0 Å². The van der Waals surface area contributed by atoms with E-state index in [4.69, 9.17) is 14.9 Å². The van der Waals surface area contributed by atoms with Gasteiger partial charge in [-0.25, -0.2) is 4.79 Å². The lowest BCUT2D eigenvalue weighted by molar-refractivity contribution is 0.0116. The number of hydrogen-bond donors (Lipinski definition) is 2. The molecule has 0 heterocycles. The Morgan fingerprint density at radius 2 is 1.44 bits per heavy atom. The molecular weight excluding hydrogens is 440 g/mol. The predicted octanol–water partition coefficient (Wildman–Crippen LogP) is 5.81. The Labute approximate surface area is 207 Å². The summed E-state index contributed by atoms with van der Waals surface area (Å²) in [6, 6.07) is 20.7. The van der Waals surface area contributed by atoms with Gasteiger partial charge in [-0.1, -0.05) is 81.4 Å². The van der Waals surface area contributed by atoms with Crippen LogP contribution >= 0.6 is 0 Å². The first-order valence-electron chi connectivity index (χ1n) is 12.2. The minimum Gasteiger partial charge on any atom is -0.444 e. The number of carbonyl (C=O) groups is 1. The van der Waals surface area contributed by atoms with E-state index in [0.717, 1.165) is 30.4 Å². The molecule has 1 aliphatic rings. The lowest BCUT2D eigenvalue weighted by Crippen LogP contribution is -2.55. The topological polar surface area (TPSA) is 73.6 Å². The minimum atomic E-state index is -0.608. The number of amides is 1. The Kier molecular flexibility index (Phi) is 8.27. The lowest BCUT2D eigenvalue weighted by Gasteiger charge is -2.47. The number of alkyl carbamates (subject to hydrolysis) is 1. The van der Waals surface area contributed by atoms with Gasteiger partial charge in [0.15, 0.2) is 0 Å². The molecule has 3 N–H and O–H groups in total. The van der Waals surface area contributed by atoms with E-state index in [-0.39, 0.29) is 23.0 Å². The quantitative estimate of drug-likeness (QED) is 0.512. The molecule has 2 aromatic carbocycles. The third kappa shape index (κ3) is 6.71. The molecule has 5 nitrogen and oxygen atoms in total. The van der Waals surface area contributed by atoms with Crippen LogP contribution in [0.4, 0.5) is 4.79 Å². The van der Waals surface area contributed by atoms with Gasteiger partial charge in [0.25, 0.3) is 0 Å². The summed E-state index contributed by atoms with van der Waals surface area (Å²) >= 11 is 0. The molecule has 0 bridgehead atoms. The molecule has 2 aromatic rings. The smallest absolute Gasteiger partial charge is 0.407 e. The number of carbonyl (C=O) groups excluding carboxylic acids is 1. The van der Waals surface area contributed by atoms with Gasteiger partial charge in [0.2, 0.25) is 9.76 Å². The molecule has 184 valence electrons. The average molecular weight is 481 g/mol. The average Bonchev–Trinajstić information content (AvgIpc) is 2.75. The van der Waals surface area contributed by atoms with Gasteiger partial charge in [-0.3, -0.25) is 0 Å². The second-order valence-corrected chi connectivity index (χ2v) is 13.3. The third-order valence-corrected chi connectivity index (χ3v) is 7.14. The lowest BCUT2D eigenvalue weighted by atomic mass is 9.68. The van der Waals surface area contributed by atoms with Crippen LogP contribution < -0.4 is 11.1 Å². The van der Waals surface area contributed by atoms with Gasteiger partial charge in [0, 0.05) is 12.1 Å². The second-order valence-electron chi connectivity index (χ2n) is 11.3. The molecule has 0 aromatic heterocycles. The first-order valence-corrected chi connectivity index (χ1v) is 13.1.